The van der Waals surface area contributed by atoms with Gasteiger partial charge < -0.3 is 10.5 Å². The fraction of sp³-hybridized carbons (Fsp3) is 0.0667. The van der Waals surface area contributed by atoms with E-state index in [2.05, 4.69) is 0 Å². The normalized spacial score (nSPS) is 10.2. The molecule has 0 aliphatic rings. The van der Waals surface area contributed by atoms with Crippen molar-refractivity contribution < 1.29 is 14.3 Å². The molecule has 0 heterocycles. The van der Waals surface area contributed by atoms with Crippen LogP contribution in [0.4, 0.5) is 5.69 Å². The summed E-state index contributed by atoms with van der Waals surface area (Å²) in [6, 6.07) is 11.3. The van der Waals surface area contributed by atoms with Crippen LogP contribution in [0.15, 0.2) is 42.5 Å². The fourth-order valence-corrected chi connectivity index (χ4v) is 2.16. The number of halogens is 2. The molecule has 108 valence electrons. The van der Waals surface area contributed by atoms with Crippen molar-refractivity contribution in [2.75, 3.05) is 12.3 Å². The first kappa shape index (κ1) is 15.4. The molecule has 0 fully saturated rings. The number of Topliss-reactive ketones (excluding diaryl/α,β-unsaturated/α-hetero) is 1. The highest BCUT2D eigenvalue weighted by molar-refractivity contribution is 6.37. The number of esters is 1. The van der Waals surface area contributed by atoms with Crippen molar-refractivity contribution in [3.8, 4) is 0 Å². The summed E-state index contributed by atoms with van der Waals surface area (Å²) in [4.78, 5) is 23.8. The number of nitrogens with two attached hydrogens (primary N) is 1. The topological polar surface area (TPSA) is 69.4 Å². The summed E-state index contributed by atoms with van der Waals surface area (Å²) in [6.45, 7) is -0.383. The van der Waals surface area contributed by atoms with Gasteiger partial charge in [0, 0.05) is 10.6 Å². The summed E-state index contributed by atoms with van der Waals surface area (Å²) < 4.78 is 4.95. The van der Waals surface area contributed by atoms with Crippen LogP contribution in [0, 0.1) is 0 Å². The Labute approximate surface area is 131 Å². The summed E-state index contributed by atoms with van der Waals surface area (Å²) in [6.07, 6.45) is 0. The van der Waals surface area contributed by atoms with Crippen LogP contribution >= 0.6 is 23.2 Å². The first-order valence-corrected chi connectivity index (χ1v) is 6.74. The minimum Gasteiger partial charge on any atom is -0.454 e. The Balaban J connectivity index is 2.08. The zero-order chi connectivity index (χ0) is 15.4. The van der Waals surface area contributed by atoms with E-state index in [0.717, 1.165) is 0 Å². The lowest BCUT2D eigenvalue weighted by Gasteiger charge is -2.08. The van der Waals surface area contributed by atoms with Gasteiger partial charge in [-0.05, 0) is 12.1 Å². The van der Waals surface area contributed by atoms with Gasteiger partial charge in [0.05, 0.1) is 16.3 Å². The van der Waals surface area contributed by atoms with Gasteiger partial charge >= 0.3 is 5.97 Å². The van der Waals surface area contributed by atoms with E-state index >= 15 is 0 Å². The quantitative estimate of drug-likeness (QED) is 0.530. The van der Waals surface area contributed by atoms with Crippen LogP contribution < -0.4 is 5.73 Å². The third-order valence-corrected chi connectivity index (χ3v) is 3.28. The molecule has 2 aromatic carbocycles. The molecule has 0 spiro atoms. The first-order valence-electron chi connectivity index (χ1n) is 5.99. The summed E-state index contributed by atoms with van der Waals surface area (Å²) >= 11 is 11.6. The minimum absolute atomic E-state index is 0.0355. The van der Waals surface area contributed by atoms with E-state index in [1.165, 1.54) is 12.1 Å². The Hall–Kier alpha value is -2.04. The molecule has 0 bridgehead atoms. The largest absolute Gasteiger partial charge is 0.454 e. The smallest absolute Gasteiger partial charge is 0.340 e. The molecule has 2 N–H and O–H groups in total. The van der Waals surface area contributed by atoms with Gasteiger partial charge in [-0.2, -0.15) is 0 Å². The molecule has 21 heavy (non-hydrogen) atoms. The summed E-state index contributed by atoms with van der Waals surface area (Å²) in [5, 5.41) is 0.416. The van der Waals surface area contributed by atoms with Gasteiger partial charge in [-0.3, -0.25) is 4.79 Å². The van der Waals surface area contributed by atoms with Crippen molar-refractivity contribution in [1.82, 2.24) is 0 Å². The van der Waals surface area contributed by atoms with Crippen LogP contribution in [0.5, 0.6) is 0 Å². The molecule has 6 heteroatoms. The Morgan fingerprint density at radius 2 is 1.76 bits per heavy atom. The average molecular weight is 324 g/mol. The lowest BCUT2D eigenvalue weighted by Crippen LogP contribution is -2.15. The Morgan fingerprint density at radius 1 is 1.10 bits per heavy atom. The zero-order valence-electron chi connectivity index (χ0n) is 10.8. The molecule has 0 amide bonds. The Morgan fingerprint density at radius 3 is 2.43 bits per heavy atom. The second-order valence-electron chi connectivity index (χ2n) is 4.21. The number of hydrogen-bond donors (Lipinski definition) is 1. The zero-order valence-corrected chi connectivity index (χ0v) is 12.3. The molecule has 0 saturated heterocycles. The molecule has 0 radical (unpaired) electrons. The number of ketones is 1. The van der Waals surface area contributed by atoms with Crippen LogP contribution in [0.1, 0.15) is 20.7 Å². The number of rotatable bonds is 4. The second-order valence-corrected chi connectivity index (χ2v) is 5.06. The highest BCUT2D eigenvalue weighted by Gasteiger charge is 2.17. The summed E-state index contributed by atoms with van der Waals surface area (Å²) in [7, 11) is 0. The van der Waals surface area contributed by atoms with Crippen molar-refractivity contribution in [3.05, 3.63) is 63.6 Å². The van der Waals surface area contributed by atoms with E-state index in [1.807, 2.05) is 0 Å². The van der Waals surface area contributed by atoms with Gasteiger partial charge in [0.1, 0.15) is 0 Å². The van der Waals surface area contributed by atoms with Crippen molar-refractivity contribution in [2.45, 2.75) is 0 Å². The molecule has 0 saturated carbocycles. The standard InChI is InChI=1S/C15H11Cl2NO3/c16-10-6-11(14(18)12(17)7-10)15(20)21-8-13(19)9-4-2-1-3-5-9/h1-7H,8,18H2. The maximum atomic E-state index is 11.9. The van der Waals surface area contributed by atoms with E-state index < -0.39 is 5.97 Å². The van der Waals surface area contributed by atoms with Crippen LogP contribution in [-0.4, -0.2) is 18.4 Å². The Kier molecular flexibility index (Phi) is 4.83. The summed E-state index contributed by atoms with van der Waals surface area (Å²) in [5.74, 6) is -1.06. The van der Waals surface area contributed by atoms with Crippen LogP contribution in [0.3, 0.4) is 0 Å². The van der Waals surface area contributed by atoms with Crippen molar-refractivity contribution >= 4 is 40.6 Å². The van der Waals surface area contributed by atoms with Crippen molar-refractivity contribution in [1.29, 1.82) is 0 Å². The highest BCUT2D eigenvalue weighted by atomic mass is 35.5. The second kappa shape index (κ2) is 6.61. The van der Waals surface area contributed by atoms with Gasteiger partial charge in [0.15, 0.2) is 12.4 Å². The summed E-state index contributed by atoms with van der Waals surface area (Å²) in [5.41, 5.74) is 6.26. The SMILES string of the molecule is Nc1c(Cl)cc(Cl)cc1C(=O)OCC(=O)c1ccccc1. The molecule has 0 aliphatic carbocycles. The number of carbonyl (C=O) groups is 2. The van der Waals surface area contributed by atoms with Gasteiger partial charge in [0.25, 0.3) is 0 Å². The van der Waals surface area contributed by atoms with E-state index in [9.17, 15) is 9.59 Å². The number of hydrogen-bond acceptors (Lipinski definition) is 4. The lowest BCUT2D eigenvalue weighted by molar-refractivity contribution is 0.0476. The van der Waals surface area contributed by atoms with Crippen molar-refractivity contribution in [2.24, 2.45) is 0 Å². The molecule has 0 unspecified atom stereocenters. The third kappa shape index (κ3) is 3.74. The molecule has 2 rings (SSSR count). The van der Waals surface area contributed by atoms with Crippen LogP contribution in [0.2, 0.25) is 10.0 Å². The van der Waals surface area contributed by atoms with Crippen LogP contribution in [0.25, 0.3) is 0 Å². The predicted octanol–water partition coefficient (Wildman–Crippen LogP) is 3.62. The molecule has 0 aliphatic heterocycles. The van der Waals surface area contributed by atoms with E-state index in [-0.39, 0.29) is 33.7 Å². The highest BCUT2D eigenvalue weighted by Crippen LogP contribution is 2.28. The number of benzene rings is 2. The number of ether oxygens (including phenoxy) is 1. The average Bonchev–Trinajstić information content (AvgIpc) is 2.49. The maximum absolute atomic E-state index is 11.9. The molecule has 2 aromatic rings. The minimum atomic E-state index is -0.749. The lowest BCUT2D eigenvalue weighted by atomic mass is 10.1. The van der Waals surface area contributed by atoms with Gasteiger partial charge in [-0.15, -0.1) is 0 Å². The van der Waals surface area contributed by atoms with E-state index in [4.69, 9.17) is 33.7 Å². The van der Waals surface area contributed by atoms with Crippen molar-refractivity contribution in [3.63, 3.8) is 0 Å². The molecule has 4 nitrogen and oxygen atoms in total. The third-order valence-electron chi connectivity index (χ3n) is 2.74. The fourth-order valence-electron chi connectivity index (χ4n) is 1.67. The molecule has 0 atom stereocenters. The van der Waals surface area contributed by atoms with E-state index in [0.29, 0.717) is 5.56 Å². The number of anilines is 1. The predicted molar refractivity (Wildman–Crippen MR) is 81.9 cm³/mol. The van der Waals surface area contributed by atoms with Gasteiger partial charge in [-0.25, -0.2) is 4.79 Å². The van der Waals surface area contributed by atoms with Crippen LogP contribution in [-0.2, 0) is 4.74 Å². The molecular formula is C15H11Cl2NO3. The monoisotopic (exact) mass is 323 g/mol. The maximum Gasteiger partial charge on any atom is 0.340 e. The van der Waals surface area contributed by atoms with Gasteiger partial charge in [-0.1, -0.05) is 53.5 Å². The number of nitrogen functional groups attached to an aromatic ring is 1. The van der Waals surface area contributed by atoms with Gasteiger partial charge in [0.2, 0.25) is 0 Å². The Bertz CT molecular complexity index is 687. The number of carbonyl (C=O) groups excluding carboxylic acids is 2. The van der Waals surface area contributed by atoms with E-state index in [1.54, 1.807) is 30.3 Å². The molecular weight excluding hydrogens is 313 g/mol. The first-order chi connectivity index (χ1) is 9.99. The molecule has 0 aromatic heterocycles.